The van der Waals surface area contributed by atoms with Crippen LogP contribution in [0.2, 0.25) is 0 Å². The van der Waals surface area contributed by atoms with Gasteiger partial charge >= 0.3 is 0 Å². The molecule has 80 valence electrons. The molecule has 2 heterocycles. The van der Waals surface area contributed by atoms with Crippen LogP contribution in [-0.4, -0.2) is 29.4 Å². The van der Waals surface area contributed by atoms with E-state index in [2.05, 4.69) is 15.6 Å². The average Bonchev–Trinajstić information content (AvgIpc) is 2.77. The second-order valence-corrected chi connectivity index (χ2v) is 4.28. The van der Waals surface area contributed by atoms with Gasteiger partial charge in [-0.1, -0.05) is 0 Å². The monoisotopic (exact) mass is 225 g/mol. The molecular weight excluding hydrogens is 214 g/mol. The van der Waals surface area contributed by atoms with E-state index in [9.17, 15) is 9.59 Å². The van der Waals surface area contributed by atoms with Crippen LogP contribution in [0.1, 0.15) is 11.4 Å². The highest BCUT2D eigenvalue weighted by atomic mass is 32.1. The van der Waals surface area contributed by atoms with E-state index >= 15 is 0 Å². The van der Waals surface area contributed by atoms with E-state index in [1.165, 1.54) is 0 Å². The Balaban J connectivity index is 1.74. The molecule has 2 N–H and O–H groups in total. The highest BCUT2D eigenvalue weighted by Crippen LogP contribution is 2.05. The number of thiazole rings is 1. The molecule has 0 aliphatic carbocycles. The summed E-state index contributed by atoms with van der Waals surface area (Å²) in [5.41, 5.74) is 0. The van der Waals surface area contributed by atoms with Crippen molar-refractivity contribution >= 4 is 23.2 Å². The zero-order chi connectivity index (χ0) is 10.7. The maximum Gasteiger partial charge on any atom is 0.244 e. The van der Waals surface area contributed by atoms with Crippen LogP contribution in [0.4, 0.5) is 0 Å². The van der Waals surface area contributed by atoms with E-state index in [1.54, 1.807) is 17.5 Å². The van der Waals surface area contributed by atoms with Crippen LogP contribution in [0.5, 0.6) is 0 Å². The normalized spacial score (nSPS) is 20.7. The highest BCUT2D eigenvalue weighted by Gasteiger charge is 2.29. The van der Waals surface area contributed by atoms with Gasteiger partial charge in [-0.2, -0.15) is 0 Å². The smallest absolute Gasteiger partial charge is 0.244 e. The third kappa shape index (κ3) is 2.60. The lowest BCUT2D eigenvalue weighted by molar-refractivity contribution is -0.125. The number of rotatable bonds is 4. The third-order valence-electron chi connectivity index (χ3n) is 2.18. The molecular formula is C9H11N3O2S. The van der Waals surface area contributed by atoms with Crippen molar-refractivity contribution in [3.05, 3.63) is 16.6 Å². The third-order valence-corrected chi connectivity index (χ3v) is 3.02. The van der Waals surface area contributed by atoms with Crippen LogP contribution >= 0.6 is 11.3 Å². The molecule has 2 amide bonds. The lowest BCUT2D eigenvalue weighted by Crippen LogP contribution is -2.37. The fourth-order valence-corrected chi connectivity index (χ4v) is 2.07. The molecule has 1 unspecified atom stereocenters. The number of nitrogens with zero attached hydrogens (tertiary/aromatic N) is 1. The Morgan fingerprint density at radius 2 is 2.47 bits per heavy atom. The quantitative estimate of drug-likeness (QED) is 0.690. The van der Waals surface area contributed by atoms with Crippen LogP contribution < -0.4 is 10.6 Å². The van der Waals surface area contributed by atoms with Gasteiger partial charge in [0.25, 0.3) is 0 Å². The SMILES string of the molecule is O=C1CC(NCCc2nccs2)C(=O)N1. The standard InChI is InChI=1S/C9H11N3O2S/c13-7-5-6(9(14)12-7)10-2-1-8-11-3-4-15-8/h3-4,6,10H,1-2,5H2,(H,12,13,14). The van der Waals surface area contributed by atoms with Crippen LogP contribution in [0.3, 0.4) is 0 Å². The van der Waals surface area contributed by atoms with Gasteiger partial charge in [0.2, 0.25) is 11.8 Å². The van der Waals surface area contributed by atoms with E-state index in [0.717, 1.165) is 11.4 Å². The second-order valence-electron chi connectivity index (χ2n) is 3.30. The molecule has 6 heteroatoms. The molecule has 1 aromatic rings. The lowest BCUT2D eigenvalue weighted by atomic mass is 10.2. The number of carbonyl (C=O) groups is 2. The van der Waals surface area contributed by atoms with Gasteiger partial charge in [-0.25, -0.2) is 4.98 Å². The van der Waals surface area contributed by atoms with E-state index in [1.807, 2.05) is 5.38 Å². The Bertz CT molecular complexity index is 363. The first-order valence-electron chi connectivity index (χ1n) is 4.71. The number of hydrogen-bond donors (Lipinski definition) is 2. The summed E-state index contributed by atoms with van der Waals surface area (Å²) in [7, 11) is 0. The molecule has 0 saturated carbocycles. The second kappa shape index (κ2) is 4.50. The van der Waals surface area contributed by atoms with Crippen molar-refractivity contribution in [3.63, 3.8) is 0 Å². The molecule has 1 saturated heterocycles. The zero-order valence-electron chi connectivity index (χ0n) is 8.03. The molecule has 1 aliphatic heterocycles. The van der Waals surface area contributed by atoms with Crippen molar-refractivity contribution in [2.75, 3.05) is 6.54 Å². The Morgan fingerprint density at radius 1 is 1.60 bits per heavy atom. The number of carbonyl (C=O) groups excluding carboxylic acids is 2. The summed E-state index contributed by atoms with van der Waals surface area (Å²) in [6.07, 6.45) is 2.79. The Kier molecular flexibility index (Phi) is 3.08. The van der Waals surface area contributed by atoms with Crippen molar-refractivity contribution in [1.82, 2.24) is 15.6 Å². The van der Waals surface area contributed by atoms with Crippen LogP contribution in [0, 0.1) is 0 Å². The fourth-order valence-electron chi connectivity index (χ4n) is 1.45. The number of nitrogens with one attached hydrogen (secondary N) is 2. The predicted octanol–water partition coefficient (Wildman–Crippen LogP) is -0.310. The average molecular weight is 225 g/mol. The lowest BCUT2D eigenvalue weighted by Gasteiger charge is -2.06. The van der Waals surface area contributed by atoms with Gasteiger partial charge in [0.15, 0.2) is 0 Å². The van der Waals surface area contributed by atoms with Crippen molar-refractivity contribution in [2.45, 2.75) is 18.9 Å². The topological polar surface area (TPSA) is 71.1 Å². The maximum atomic E-state index is 11.2. The van der Waals surface area contributed by atoms with Gasteiger partial charge in [-0.15, -0.1) is 11.3 Å². The van der Waals surface area contributed by atoms with Crippen molar-refractivity contribution in [2.24, 2.45) is 0 Å². The first-order valence-corrected chi connectivity index (χ1v) is 5.59. The summed E-state index contributed by atoms with van der Waals surface area (Å²) in [4.78, 5) is 26.2. The van der Waals surface area contributed by atoms with E-state index in [0.29, 0.717) is 6.54 Å². The minimum absolute atomic E-state index is 0.202. The summed E-state index contributed by atoms with van der Waals surface area (Å²) in [5.74, 6) is -0.425. The van der Waals surface area contributed by atoms with E-state index < -0.39 is 0 Å². The maximum absolute atomic E-state index is 11.2. The molecule has 5 nitrogen and oxygen atoms in total. The molecule has 0 spiro atoms. The number of imide groups is 1. The van der Waals surface area contributed by atoms with Gasteiger partial charge in [0.1, 0.15) is 0 Å². The van der Waals surface area contributed by atoms with Gasteiger partial charge < -0.3 is 5.32 Å². The first kappa shape index (κ1) is 10.3. The zero-order valence-corrected chi connectivity index (χ0v) is 8.84. The Labute approximate surface area is 90.9 Å². The van der Waals surface area contributed by atoms with E-state index in [4.69, 9.17) is 0 Å². The molecule has 1 fully saturated rings. The molecule has 0 aromatic carbocycles. The fraction of sp³-hybridized carbons (Fsp3) is 0.444. The highest BCUT2D eigenvalue weighted by molar-refractivity contribution is 7.09. The number of amides is 2. The molecule has 1 aromatic heterocycles. The molecule has 2 rings (SSSR count). The number of aromatic nitrogens is 1. The van der Waals surface area contributed by atoms with Crippen molar-refractivity contribution < 1.29 is 9.59 Å². The van der Waals surface area contributed by atoms with Gasteiger partial charge in [-0.3, -0.25) is 14.9 Å². The Morgan fingerprint density at radius 3 is 3.07 bits per heavy atom. The number of hydrogen-bond acceptors (Lipinski definition) is 5. The summed E-state index contributed by atoms with van der Waals surface area (Å²) in [6, 6.07) is -0.363. The van der Waals surface area contributed by atoms with Crippen molar-refractivity contribution in [3.8, 4) is 0 Å². The molecule has 15 heavy (non-hydrogen) atoms. The molecule has 0 radical (unpaired) electrons. The molecule has 1 atom stereocenters. The Hall–Kier alpha value is -1.27. The largest absolute Gasteiger partial charge is 0.305 e. The molecule has 0 bridgehead atoms. The summed E-state index contributed by atoms with van der Waals surface area (Å²) < 4.78 is 0. The minimum Gasteiger partial charge on any atom is -0.305 e. The molecule has 1 aliphatic rings. The van der Waals surface area contributed by atoms with Gasteiger partial charge in [0, 0.05) is 24.5 Å². The van der Waals surface area contributed by atoms with Crippen LogP contribution in [-0.2, 0) is 16.0 Å². The first-order chi connectivity index (χ1) is 7.25. The van der Waals surface area contributed by atoms with Gasteiger partial charge in [-0.05, 0) is 0 Å². The van der Waals surface area contributed by atoms with Crippen LogP contribution in [0.25, 0.3) is 0 Å². The van der Waals surface area contributed by atoms with E-state index in [-0.39, 0.29) is 24.3 Å². The van der Waals surface area contributed by atoms with Gasteiger partial charge in [0.05, 0.1) is 17.5 Å². The summed E-state index contributed by atoms with van der Waals surface area (Å²) in [5, 5.41) is 8.24. The van der Waals surface area contributed by atoms with Crippen molar-refractivity contribution in [1.29, 1.82) is 0 Å². The van der Waals surface area contributed by atoms with Crippen LogP contribution in [0.15, 0.2) is 11.6 Å². The summed E-state index contributed by atoms with van der Waals surface area (Å²) in [6.45, 7) is 0.666. The minimum atomic E-state index is -0.363. The summed E-state index contributed by atoms with van der Waals surface area (Å²) >= 11 is 1.59. The predicted molar refractivity (Wildman–Crippen MR) is 55.4 cm³/mol.